The fraction of sp³-hybridized carbons (Fsp3) is 0.467. The average Bonchev–Trinajstić information content (AvgIpc) is 2.78. The van der Waals surface area contributed by atoms with Crippen LogP contribution in [0.4, 0.5) is 0 Å². The van der Waals surface area contributed by atoms with Crippen molar-refractivity contribution in [2.75, 3.05) is 32.8 Å². The summed E-state index contributed by atoms with van der Waals surface area (Å²) in [6, 6.07) is 8.21. The largest absolute Gasteiger partial charge is 0.387 e. The van der Waals surface area contributed by atoms with Crippen LogP contribution in [0, 0.1) is 0 Å². The quantitative estimate of drug-likeness (QED) is 0.909. The number of ether oxygens (including phenoxy) is 1. The van der Waals surface area contributed by atoms with E-state index < -0.39 is 6.10 Å². The summed E-state index contributed by atoms with van der Waals surface area (Å²) in [7, 11) is 2.02. The zero-order valence-corrected chi connectivity index (χ0v) is 11.2. The molecule has 19 heavy (non-hydrogen) atoms. The Morgan fingerprint density at radius 3 is 2.79 bits per heavy atom. The molecule has 1 aliphatic rings. The highest BCUT2D eigenvalue weighted by atomic mass is 16.5. The molecule has 1 atom stereocenters. The van der Waals surface area contributed by atoms with Crippen molar-refractivity contribution in [1.29, 1.82) is 0 Å². The van der Waals surface area contributed by atoms with Crippen LogP contribution in [0.5, 0.6) is 0 Å². The van der Waals surface area contributed by atoms with Crippen LogP contribution in [0.25, 0.3) is 10.9 Å². The minimum Gasteiger partial charge on any atom is -0.387 e. The molecule has 0 aliphatic carbocycles. The Morgan fingerprint density at radius 1 is 1.26 bits per heavy atom. The van der Waals surface area contributed by atoms with E-state index >= 15 is 0 Å². The van der Waals surface area contributed by atoms with Crippen molar-refractivity contribution in [2.45, 2.75) is 6.10 Å². The number of hydrogen-bond donors (Lipinski definition) is 1. The predicted octanol–water partition coefficient (Wildman–Crippen LogP) is 1.54. The number of para-hydroxylation sites is 1. The highest BCUT2D eigenvalue weighted by Gasteiger charge is 2.19. The van der Waals surface area contributed by atoms with E-state index in [9.17, 15) is 5.11 Å². The van der Waals surface area contributed by atoms with E-state index in [1.54, 1.807) is 0 Å². The number of benzene rings is 1. The summed E-state index contributed by atoms with van der Waals surface area (Å²) in [6.07, 6.45) is 1.60. The first-order valence-electron chi connectivity index (χ1n) is 6.78. The lowest BCUT2D eigenvalue weighted by Gasteiger charge is -2.28. The summed E-state index contributed by atoms with van der Waals surface area (Å²) in [5.41, 5.74) is 2.18. The van der Waals surface area contributed by atoms with Gasteiger partial charge in [0.05, 0.1) is 19.3 Å². The molecule has 2 heterocycles. The Hall–Kier alpha value is -1.36. The van der Waals surface area contributed by atoms with Gasteiger partial charge in [-0.2, -0.15) is 0 Å². The fourth-order valence-electron chi connectivity index (χ4n) is 2.77. The van der Waals surface area contributed by atoms with Gasteiger partial charge in [-0.05, 0) is 6.07 Å². The maximum absolute atomic E-state index is 10.5. The van der Waals surface area contributed by atoms with Crippen LogP contribution in [0.3, 0.4) is 0 Å². The molecule has 0 saturated carbocycles. The van der Waals surface area contributed by atoms with E-state index in [0.717, 1.165) is 37.3 Å². The van der Waals surface area contributed by atoms with Gasteiger partial charge in [-0.15, -0.1) is 0 Å². The molecule has 0 amide bonds. The monoisotopic (exact) mass is 260 g/mol. The topological polar surface area (TPSA) is 37.6 Å². The smallest absolute Gasteiger partial charge is 0.0937 e. The summed E-state index contributed by atoms with van der Waals surface area (Å²) in [5, 5.41) is 11.6. The minimum absolute atomic E-state index is 0.441. The molecule has 102 valence electrons. The minimum atomic E-state index is -0.441. The standard InChI is InChI=1S/C15H20N2O2/c1-16-10-13(12-4-2-3-5-14(12)16)15(18)11-17-6-8-19-9-7-17/h2-5,10,15,18H,6-9,11H2,1H3. The second kappa shape index (κ2) is 5.33. The molecule has 4 nitrogen and oxygen atoms in total. The molecule has 0 spiro atoms. The Bertz CT molecular complexity index is 558. The van der Waals surface area contributed by atoms with Gasteiger partial charge in [-0.3, -0.25) is 4.90 Å². The van der Waals surface area contributed by atoms with Crippen LogP contribution in [0.1, 0.15) is 11.7 Å². The van der Waals surface area contributed by atoms with Crippen LogP contribution >= 0.6 is 0 Å². The number of aromatic nitrogens is 1. The molecule has 1 aromatic carbocycles. The van der Waals surface area contributed by atoms with Crippen LogP contribution in [0.2, 0.25) is 0 Å². The molecule has 3 rings (SSSR count). The van der Waals surface area contributed by atoms with Crippen molar-refractivity contribution in [3.63, 3.8) is 0 Å². The maximum atomic E-state index is 10.5. The van der Waals surface area contributed by atoms with E-state index in [1.807, 2.05) is 25.4 Å². The lowest BCUT2D eigenvalue weighted by molar-refractivity contribution is 0.0146. The summed E-state index contributed by atoms with van der Waals surface area (Å²) < 4.78 is 7.41. The van der Waals surface area contributed by atoms with E-state index in [1.165, 1.54) is 5.52 Å². The van der Waals surface area contributed by atoms with Crippen molar-refractivity contribution < 1.29 is 9.84 Å². The lowest BCUT2D eigenvalue weighted by atomic mass is 10.1. The van der Waals surface area contributed by atoms with Crippen LogP contribution in [0.15, 0.2) is 30.5 Å². The normalized spacial score (nSPS) is 18.8. The zero-order chi connectivity index (χ0) is 13.2. The first kappa shape index (κ1) is 12.7. The van der Waals surface area contributed by atoms with Crippen molar-refractivity contribution >= 4 is 10.9 Å². The summed E-state index contributed by atoms with van der Waals surface area (Å²) in [5.74, 6) is 0. The SMILES string of the molecule is Cn1cc(C(O)CN2CCOCC2)c2ccccc21. The van der Waals surface area contributed by atoms with E-state index in [-0.39, 0.29) is 0 Å². The second-order valence-electron chi connectivity index (χ2n) is 5.14. The van der Waals surface area contributed by atoms with Crippen molar-refractivity contribution in [3.8, 4) is 0 Å². The third-order valence-electron chi connectivity index (χ3n) is 3.82. The molecule has 0 radical (unpaired) electrons. The van der Waals surface area contributed by atoms with Crippen LogP contribution in [-0.4, -0.2) is 47.4 Å². The number of aliphatic hydroxyl groups excluding tert-OH is 1. The Labute approximate surface area is 113 Å². The number of rotatable bonds is 3. The molecule has 1 unspecified atom stereocenters. The Morgan fingerprint density at radius 2 is 2.00 bits per heavy atom. The number of aliphatic hydroxyl groups is 1. The summed E-state index contributed by atoms with van der Waals surface area (Å²) in [6.45, 7) is 4.02. The van der Waals surface area contributed by atoms with Gasteiger partial charge in [0.25, 0.3) is 0 Å². The molecular weight excluding hydrogens is 240 g/mol. The predicted molar refractivity (Wildman–Crippen MR) is 75.1 cm³/mol. The Balaban J connectivity index is 1.82. The third-order valence-corrected chi connectivity index (χ3v) is 3.82. The maximum Gasteiger partial charge on any atom is 0.0937 e. The number of aryl methyl sites for hydroxylation is 1. The van der Waals surface area contributed by atoms with Crippen molar-refractivity contribution in [2.24, 2.45) is 7.05 Å². The van der Waals surface area contributed by atoms with E-state index in [0.29, 0.717) is 6.54 Å². The number of β-amino-alcohol motifs (C(OH)–C–C–N with tert-alkyl or cyclic N) is 1. The number of morpholine rings is 1. The molecule has 1 N–H and O–H groups in total. The third kappa shape index (κ3) is 2.52. The zero-order valence-electron chi connectivity index (χ0n) is 11.2. The molecule has 1 saturated heterocycles. The number of hydrogen-bond acceptors (Lipinski definition) is 3. The van der Waals surface area contributed by atoms with Gasteiger partial charge in [0.15, 0.2) is 0 Å². The Kier molecular flexibility index (Phi) is 3.55. The van der Waals surface area contributed by atoms with E-state index in [4.69, 9.17) is 4.74 Å². The first-order valence-corrected chi connectivity index (χ1v) is 6.78. The van der Waals surface area contributed by atoms with Gasteiger partial charge < -0.3 is 14.4 Å². The van der Waals surface area contributed by atoms with Gasteiger partial charge in [-0.25, -0.2) is 0 Å². The van der Waals surface area contributed by atoms with Gasteiger partial charge in [0, 0.05) is 49.3 Å². The average molecular weight is 260 g/mol. The summed E-state index contributed by atoms with van der Waals surface area (Å²) >= 11 is 0. The lowest BCUT2D eigenvalue weighted by Crippen LogP contribution is -2.38. The molecular formula is C15H20N2O2. The molecule has 1 aromatic heterocycles. The van der Waals surface area contributed by atoms with Crippen LogP contribution in [-0.2, 0) is 11.8 Å². The summed E-state index contributed by atoms with van der Waals surface area (Å²) in [4.78, 5) is 2.26. The van der Waals surface area contributed by atoms with Gasteiger partial charge in [-0.1, -0.05) is 18.2 Å². The van der Waals surface area contributed by atoms with Gasteiger partial charge in [0.1, 0.15) is 0 Å². The second-order valence-corrected chi connectivity index (χ2v) is 5.14. The highest BCUT2D eigenvalue weighted by molar-refractivity contribution is 5.84. The van der Waals surface area contributed by atoms with E-state index in [2.05, 4.69) is 21.6 Å². The number of nitrogens with zero attached hydrogens (tertiary/aromatic N) is 2. The highest BCUT2D eigenvalue weighted by Crippen LogP contribution is 2.26. The van der Waals surface area contributed by atoms with Gasteiger partial charge in [0.2, 0.25) is 0 Å². The number of fused-ring (bicyclic) bond motifs is 1. The fourth-order valence-corrected chi connectivity index (χ4v) is 2.77. The van der Waals surface area contributed by atoms with Crippen molar-refractivity contribution in [1.82, 2.24) is 9.47 Å². The molecule has 0 bridgehead atoms. The molecule has 1 fully saturated rings. The first-order chi connectivity index (χ1) is 9.25. The molecule has 2 aromatic rings. The van der Waals surface area contributed by atoms with Gasteiger partial charge >= 0.3 is 0 Å². The molecule has 1 aliphatic heterocycles. The van der Waals surface area contributed by atoms with Crippen LogP contribution < -0.4 is 0 Å². The molecule has 4 heteroatoms. The van der Waals surface area contributed by atoms with Crippen molar-refractivity contribution in [3.05, 3.63) is 36.0 Å².